The molecule has 0 radical (unpaired) electrons. The van der Waals surface area contributed by atoms with Gasteiger partial charge in [0, 0.05) is 0 Å². The molecule has 1 atom stereocenters. The van der Waals surface area contributed by atoms with E-state index in [0.29, 0.717) is 17.7 Å². The first-order valence-electron chi connectivity index (χ1n) is 6.93. The van der Waals surface area contributed by atoms with Crippen molar-refractivity contribution in [2.75, 3.05) is 0 Å². The molecule has 0 aromatic carbocycles. The maximum absolute atomic E-state index is 7.99. The van der Waals surface area contributed by atoms with E-state index in [9.17, 15) is 0 Å². The summed E-state index contributed by atoms with van der Waals surface area (Å²) in [5, 5.41) is 7.99. The zero-order valence-electron chi connectivity index (χ0n) is 10.7. The van der Waals surface area contributed by atoms with Gasteiger partial charge in [-0.2, -0.15) is 0 Å². The van der Waals surface area contributed by atoms with Gasteiger partial charge in [-0.3, -0.25) is 5.41 Å². The van der Waals surface area contributed by atoms with E-state index < -0.39 is 0 Å². The molecule has 1 fully saturated rings. The first-order valence-corrected chi connectivity index (χ1v) is 6.93. The van der Waals surface area contributed by atoms with Crippen molar-refractivity contribution in [2.24, 2.45) is 5.92 Å². The second kappa shape index (κ2) is 6.04. The van der Waals surface area contributed by atoms with Crippen molar-refractivity contribution in [1.82, 2.24) is 0 Å². The summed E-state index contributed by atoms with van der Waals surface area (Å²) in [6.07, 6.45) is 14.9. The molecule has 1 N–H and O–H groups in total. The molecule has 1 saturated carbocycles. The highest BCUT2D eigenvalue weighted by Gasteiger charge is 2.19. The van der Waals surface area contributed by atoms with Crippen LogP contribution in [0.1, 0.15) is 51.9 Å². The molecule has 0 heterocycles. The van der Waals surface area contributed by atoms with E-state index in [0.717, 1.165) is 31.4 Å². The van der Waals surface area contributed by atoms with E-state index in [1.807, 2.05) is 6.08 Å². The number of hydrogen-bond donors (Lipinski definition) is 1. The van der Waals surface area contributed by atoms with Crippen LogP contribution in [0.25, 0.3) is 0 Å². The molecule has 2 heteroatoms. The van der Waals surface area contributed by atoms with E-state index in [-0.39, 0.29) is 0 Å². The van der Waals surface area contributed by atoms with Crippen molar-refractivity contribution in [3.05, 3.63) is 24.0 Å². The van der Waals surface area contributed by atoms with Crippen LogP contribution in [0.15, 0.2) is 24.0 Å². The summed E-state index contributed by atoms with van der Waals surface area (Å²) < 4.78 is 6.04. The Morgan fingerprint density at radius 2 is 2.06 bits per heavy atom. The molecule has 2 nitrogen and oxygen atoms in total. The van der Waals surface area contributed by atoms with E-state index in [1.165, 1.54) is 19.3 Å². The molecular formula is C15H23NO. The number of nitrogens with one attached hydrogen (secondary N) is 1. The Kier molecular flexibility index (Phi) is 4.41. The number of allylic oxidation sites excluding steroid dienone is 3. The van der Waals surface area contributed by atoms with Gasteiger partial charge in [-0.1, -0.05) is 19.4 Å². The number of rotatable bonds is 3. The van der Waals surface area contributed by atoms with Gasteiger partial charge in [-0.05, 0) is 56.6 Å². The molecule has 2 aliphatic carbocycles. The molecular weight excluding hydrogens is 210 g/mol. The van der Waals surface area contributed by atoms with Crippen LogP contribution in [0.5, 0.6) is 0 Å². The van der Waals surface area contributed by atoms with Gasteiger partial charge in [0.05, 0.1) is 11.8 Å². The number of ether oxygens (including phenoxy) is 1. The smallest absolute Gasteiger partial charge is 0.140 e. The molecule has 0 aliphatic heterocycles. The second-order valence-electron chi connectivity index (χ2n) is 5.13. The third-order valence-electron chi connectivity index (χ3n) is 3.75. The minimum Gasteiger partial charge on any atom is -0.489 e. The van der Waals surface area contributed by atoms with Crippen LogP contribution in [-0.4, -0.2) is 11.8 Å². The maximum Gasteiger partial charge on any atom is 0.140 e. The summed E-state index contributed by atoms with van der Waals surface area (Å²) in [6, 6.07) is 0. The molecule has 17 heavy (non-hydrogen) atoms. The summed E-state index contributed by atoms with van der Waals surface area (Å²) >= 11 is 0. The molecule has 0 spiro atoms. The lowest BCUT2D eigenvalue weighted by Gasteiger charge is -2.24. The van der Waals surface area contributed by atoms with Crippen LogP contribution in [0.4, 0.5) is 0 Å². The first kappa shape index (κ1) is 12.4. The Morgan fingerprint density at radius 1 is 1.29 bits per heavy atom. The fraction of sp³-hybridized carbons (Fsp3) is 0.667. The fourth-order valence-electron chi connectivity index (χ4n) is 2.56. The normalized spacial score (nSPS) is 26.5. The predicted molar refractivity (Wildman–Crippen MR) is 71.3 cm³/mol. The molecule has 0 bridgehead atoms. The highest BCUT2D eigenvalue weighted by Crippen LogP contribution is 2.25. The van der Waals surface area contributed by atoms with Crippen molar-refractivity contribution < 1.29 is 4.74 Å². The van der Waals surface area contributed by atoms with Crippen molar-refractivity contribution in [3.8, 4) is 0 Å². The fourth-order valence-corrected chi connectivity index (χ4v) is 2.56. The summed E-state index contributed by atoms with van der Waals surface area (Å²) in [7, 11) is 0. The molecule has 0 amide bonds. The molecule has 0 aromatic rings. The van der Waals surface area contributed by atoms with Crippen molar-refractivity contribution in [3.63, 3.8) is 0 Å². The summed E-state index contributed by atoms with van der Waals surface area (Å²) in [5.41, 5.74) is 0.548. The topological polar surface area (TPSA) is 33.1 Å². The first-order chi connectivity index (χ1) is 8.29. The molecule has 0 aromatic heterocycles. The molecule has 1 unspecified atom stereocenters. The van der Waals surface area contributed by atoms with Gasteiger partial charge in [-0.15, -0.1) is 0 Å². The molecule has 94 valence electrons. The van der Waals surface area contributed by atoms with Gasteiger partial charge in [-0.25, -0.2) is 0 Å². The van der Waals surface area contributed by atoms with Crippen LogP contribution in [0.3, 0.4) is 0 Å². The highest BCUT2D eigenvalue weighted by molar-refractivity contribution is 6.04. The molecule has 0 saturated heterocycles. The quantitative estimate of drug-likeness (QED) is 0.777. The van der Waals surface area contributed by atoms with Crippen LogP contribution in [-0.2, 0) is 4.74 Å². The standard InChI is InChI=1S/C15H23NO/c1-2-12-7-6-10-14(16)15(11-12)17-13-8-4-3-5-9-13/h6,10-13,16H,2-5,7-9H2,1H3. The second-order valence-corrected chi connectivity index (χ2v) is 5.13. The van der Waals surface area contributed by atoms with Crippen molar-refractivity contribution >= 4 is 5.71 Å². The average molecular weight is 233 g/mol. The van der Waals surface area contributed by atoms with Gasteiger partial charge in [0.1, 0.15) is 5.76 Å². The maximum atomic E-state index is 7.99. The third-order valence-corrected chi connectivity index (χ3v) is 3.75. The highest BCUT2D eigenvalue weighted by atomic mass is 16.5. The zero-order valence-corrected chi connectivity index (χ0v) is 10.7. The molecule has 2 aliphatic rings. The Morgan fingerprint density at radius 3 is 2.76 bits per heavy atom. The monoisotopic (exact) mass is 233 g/mol. The summed E-state index contributed by atoms with van der Waals surface area (Å²) in [5.74, 6) is 1.35. The van der Waals surface area contributed by atoms with Gasteiger partial charge >= 0.3 is 0 Å². The van der Waals surface area contributed by atoms with Crippen LogP contribution >= 0.6 is 0 Å². The Labute approximate surface area is 104 Å². The van der Waals surface area contributed by atoms with Crippen molar-refractivity contribution in [2.45, 2.75) is 58.0 Å². The largest absolute Gasteiger partial charge is 0.489 e. The third kappa shape index (κ3) is 3.45. The predicted octanol–water partition coefficient (Wildman–Crippen LogP) is 4.23. The minimum absolute atomic E-state index is 0.347. The Bertz CT molecular complexity index is 324. The van der Waals surface area contributed by atoms with Crippen molar-refractivity contribution in [1.29, 1.82) is 5.41 Å². The Balaban J connectivity index is 2.02. The van der Waals surface area contributed by atoms with Gasteiger partial charge < -0.3 is 4.74 Å². The zero-order chi connectivity index (χ0) is 12.1. The summed E-state index contributed by atoms with van der Waals surface area (Å²) in [4.78, 5) is 0. The van der Waals surface area contributed by atoms with E-state index in [4.69, 9.17) is 10.1 Å². The van der Waals surface area contributed by atoms with E-state index in [1.54, 1.807) is 0 Å². The lowest BCUT2D eigenvalue weighted by atomic mass is 9.97. The van der Waals surface area contributed by atoms with E-state index in [2.05, 4.69) is 19.1 Å². The number of hydrogen-bond acceptors (Lipinski definition) is 2. The minimum atomic E-state index is 0.347. The lowest BCUT2D eigenvalue weighted by Crippen LogP contribution is -2.19. The van der Waals surface area contributed by atoms with E-state index >= 15 is 0 Å². The van der Waals surface area contributed by atoms with Gasteiger partial charge in [0.2, 0.25) is 0 Å². The van der Waals surface area contributed by atoms with Crippen LogP contribution < -0.4 is 0 Å². The van der Waals surface area contributed by atoms with Gasteiger partial charge in [0.15, 0.2) is 0 Å². The van der Waals surface area contributed by atoms with Crippen LogP contribution in [0, 0.1) is 11.3 Å². The summed E-state index contributed by atoms with van der Waals surface area (Å²) in [6.45, 7) is 2.20. The molecule has 2 rings (SSSR count). The average Bonchev–Trinajstić information content (AvgIpc) is 2.53. The van der Waals surface area contributed by atoms with Gasteiger partial charge in [0.25, 0.3) is 0 Å². The lowest BCUT2D eigenvalue weighted by molar-refractivity contribution is 0.0930. The van der Waals surface area contributed by atoms with Crippen LogP contribution in [0.2, 0.25) is 0 Å². The SMILES string of the molecule is CCC1C=C(OC2CCCCC2)C(=N)C=CC1. The Hall–Kier alpha value is -1.05.